The molecule has 0 unspecified atom stereocenters. The molecule has 0 saturated carbocycles. The fraction of sp³-hybridized carbons (Fsp3) is 1.00. The van der Waals surface area contributed by atoms with Gasteiger partial charge in [-0.15, -0.1) is 0 Å². The summed E-state index contributed by atoms with van der Waals surface area (Å²) in [4.78, 5) is 7.80. The molecule has 0 aliphatic heterocycles. The first-order valence-corrected chi connectivity index (χ1v) is 8.88. The molecule has 0 bridgehead atoms. The Kier molecular flexibility index (Phi) is 4.39. The molecule has 0 aromatic rings. The van der Waals surface area contributed by atoms with Gasteiger partial charge in [0.2, 0.25) is 0 Å². The Hall–Kier alpha value is -1.27. The fourth-order valence-corrected chi connectivity index (χ4v) is 4.68. The first kappa shape index (κ1) is 12.7. The van der Waals surface area contributed by atoms with E-state index in [1.54, 1.807) is 20.8 Å². The van der Waals surface area contributed by atoms with E-state index in [-0.39, 0.29) is 0 Å². The Labute approximate surface area is 84.9 Å². The van der Waals surface area contributed by atoms with Gasteiger partial charge in [-0.3, -0.25) is 0 Å². The second-order valence-corrected chi connectivity index (χ2v) is 13.1. The zero-order valence-electron chi connectivity index (χ0n) is 8.02. The van der Waals surface area contributed by atoms with Gasteiger partial charge in [0.15, 0.2) is 0 Å². The maximum absolute atomic E-state index is 8.36. The van der Waals surface area contributed by atoms with Crippen molar-refractivity contribution in [3.8, 4) is 0 Å². The molecule has 0 rings (SSSR count). The van der Waals surface area contributed by atoms with Gasteiger partial charge in [0, 0.05) is 0 Å². The summed E-state index contributed by atoms with van der Waals surface area (Å²) in [5.41, 5.74) is 25.1. The number of hydrogen-bond acceptors (Lipinski definition) is 3. The van der Waals surface area contributed by atoms with E-state index in [2.05, 4.69) is 24.7 Å². The van der Waals surface area contributed by atoms with Gasteiger partial charge in [-0.25, -0.2) is 0 Å². The van der Waals surface area contributed by atoms with Crippen LogP contribution in [0.1, 0.15) is 20.8 Å². The molecular weight excluding hydrogens is 293 g/mol. The third kappa shape index (κ3) is 2.61. The average Bonchev–Trinajstić information content (AvgIpc) is 2.03. The van der Waals surface area contributed by atoms with Gasteiger partial charge in [0.25, 0.3) is 0 Å². The molecule has 0 radical (unpaired) electrons. The Morgan fingerprint density at radius 1 is 0.857 bits per heavy atom. The van der Waals surface area contributed by atoms with Crippen LogP contribution in [0.5, 0.6) is 0 Å². The van der Waals surface area contributed by atoms with Crippen LogP contribution in [0.15, 0.2) is 10.0 Å². The van der Waals surface area contributed by atoms with Crippen molar-refractivity contribution < 1.29 is 0 Å². The molecule has 0 aliphatic rings. The Balaban J connectivity index is 5.73. The van der Waals surface area contributed by atoms with Gasteiger partial charge in [-0.1, -0.05) is 0 Å². The minimum absolute atomic E-state index is 0.584. The SMILES string of the molecule is C[C](C)(C)[Sn]([N]=[N+]=[N-])([N]=[N+]=[N-])[N]=[N+]=[N-]. The van der Waals surface area contributed by atoms with Crippen molar-refractivity contribution in [2.75, 3.05) is 0 Å². The molecule has 0 spiro atoms. The number of rotatable bonds is 3. The quantitative estimate of drug-likeness (QED) is 0.324. The predicted octanol–water partition coefficient (Wildman–Crippen LogP) is 3.66. The molecule has 10 heteroatoms. The summed E-state index contributed by atoms with van der Waals surface area (Å²) in [5.74, 6) is 0. The molecule has 0 amide bonds. The normalized spacial score (nSPS) is 13.9. The Bertz CT molecular complexity index is 302. The van der Waals surface area contributed by atoms with E-state index < -0.39 is 22.6 Å². The van der Waals surface area contributed by atoms with Crippen LogP contribution in [0.25, 0.3) is 31.3 Å². The first-order valence-electron chi connectivity index (χ1n) is 3.62. The van der Waals surface area contributed by atoms with Crippen molar-refractivity contribution in [1.29, 1.82) is 0 Å². The average molecular weight is 302 g/mol. The monoisotopic (exact) mass is 303 g/mol. The molecule has 0 aromatic heterocycles. The molecule has 0 N–H and O–H groups in total. The van der Waals surface area contributed by atoms with E-state index in [0.29, 0.717) is 0 Å². The summed E-state index contributed by atoms with van der Waals surface area (Å²) >= 11 is -4.18. The second-order valence-electron chi connectivity index (χ2n) is 3.45. The molecule has 0 aromatic carbocycles. The van der Waals surface area contributed by atoms with Gasteiger partial charge in [-0.2, -0.15) is 0 Å². The van der Waals surface area contributed by atoms with Crippen LogP contribution in [0.4, 0.5) is 0 Å². The molecule has 0 heterocycles. The van der Waals surface area contributed by atoms with Gasteiger partial charge in [-0.05, 0) is 0 Å². The zero-order valence-corrected chi connectivity index (χ0v) is 10.9. The van der Waals surface area contributed by atoms with E-state index in [4.69, 9.17) is 16.6 Å². The molecule has 0 aliphatic carbocycles. The molecular formula is C4H9N9Sn. The maximum atomic E-state index is 8.36. The van der Waals surface area contributed by atoms with Gasteiger partial charge in [0.05, 0.1) is 0 Å². The van der Waals surface area contributed by atoms with Crippen LogP contribution in [-0.4, -0.2) is 19.2 Å². The summed E-state index contributed by atoms with van der Waals surface area (Å²) in [6.45, 7) is 5.17. The molecule has 0 fully saturated rings. The Morgan fingerprint density at radius 3 is 1.29 bits per heavy atom. The van der Waals surface area contributed by atoms with Crippen LogP contribution >= 0.6 is 0 Å². The van der Waals surface area contributed by atoms with E-state index in [1.165, 1.54) is 0 Å². The first-order chi connectivity index (χ1) is 6.43. The van der Waals surface area contributed by atoms with Crippen LogP contribution in [0.2, 0.25) is 3.43 Å². The fourth-order valence-electron chi connectivity index (χ4n) is 0.697. The Morgan fingerprint density at radius 2 is 1.14 bits per heavy atom. The van der Waals surface area contributed by atoms with Crippen molar-refractivity contribution >= 4 is 19.2 Å². The minimum atomic E-state index is -4.18. The number of hydrogen-bond donors (Lipinski definition) is 0. The van der Waals surface area contributed by atoms with Crippen molar-refractivity contribution in [3.05, 3.63) is 31.3 Å². The summed E-state index contributed by atoms with van der Waals surface area (Å²) in [6, 6.07) is 0. The van der Waals surface area contributed by atoms with Crippen LogP contribution in [0.3, 0.4) is 0 Å². The standard InChI is InChI=1S/C4H9.3N3.Sn/c1-4(2)3;3*1-3-2;/h1-3H3;;;;/q;3*-1;+3. The van der Waals surface area contributed by atoms with Gasteiger partial charge in [0.1, 0.15) is 0 Å². The van der Waals surface area contributed by atoms with Crippen molar-refractivity contribution in [2.24, 2.45) is 10.0 Å². The zero-order chi connectivity index (χ0) is 11.2. The summed E-state index contributed by atoms with van der Waals surface area (Å²) in [5, 5.41) is 0. The van der Waals surface area contributed by atoms with Crippen LogP contribution in [0, 0.1) is 0 Å². The van der Waals surface area contributed by atoms with Crippen molar-refractivity contribution in [1.82, 2.24) is 0 Å². The van der Waals surface area contributed by atoms with E-state index in [9.17, 15) is 0 Å². The summed E-state index contributed by atoms with van der Waals surface area (Å²) in [7, 11) is 0. The summed E-state index contributed by atoms with van der Waals surface area (Å²) in [6.07, 6.45) is 0. The van der Waals surface area contributed by atoms with Crippen LogP contribution < -0.4 is 0 Å². The predicted molar refractivity (Wildman–Crippen MR) is 52.9 cm³/mol. The van der Waals surface area contributed by atoms with E-state index in [0.717, 1.165) is 0 Å². The van der Waals surface area contributed by atoms with Crippen molar-refractivity contribution in [2.45, 2.75) is 24.2 Å². The van der Waals surface area contributed by atoms with E-state index in [1.807, 2.05) is 0 Å². The van der Waals surface area contributed by atoms with Gasteiger partial charge >= 0.3 is 84.7 Å². The topological polar surface area (TPSA) is 146 Å². The number of azide groups is 1. The van der Waals surface area contributed by atoms with Crippen molar-refractivity contribution in [3.63, 3.8) is 0 Å². The molecule has 74 valence electrons. The third-order valence-corrected chi connectivity index (χ3v) is 10.5. The number of nitrogens with zero attached hydrogens (tertiary/aromatic N) is 9. The van der Waals surface area contributed by atoms with Gasteiger partial charge < -0.3 is 0 Å². The van der Waals surface area contributed by atoms with Crippen LogP contribution in [-0.2, 0) is 0 Å². The molecule has 9 nitrogen and oxygen atoms in total. The summed E-state index contributed by atoms with van der Waals surface area (Å²) < 4.78 is 9.78. The molecule has 14 heavy (non-hydrogen) atoms. The molecule has 0 atom stereocenters. The molecule has 0 saturated heterocycles. The second kappa shape index (κ2) is 4.82. The third-order valence-electron chi connectivity index (χ3n) is 1.56. The van der Waals surface area contributed by atoms with E-state index >= 15 is 0 Å².